The molecule has 0 radical (unpaired) electrons. The van der Waals surface area contributed by atoms with E-state index in [0.717, 1.165) is 37.7 Å². The van der Waals surface area contributed by atoms with Crippen molar-refractivity contribution >= 4 is 35.0 Å². The Morgan fingerprint density at radius 2 is 1.80 bits per heavy atom. The summed E-state index contributed by atoms with van der Waals surface area (Å²) in [6.07, 6.45) is 13.0. The average molecular weight is 518 g/mol. The van der Waals surface area contributed by atoms with Gasteiger partial charge in [-0.05, 0) is 104 Å². The summed E-state index contributed by atoms with van der Waals surface area (Å²) in [7, 11) is 1.98. The van der Waals surface area contributed by atoms with E-state index in [0.29, 0.717) is 40.3 Å². The first-order valence-electron chi connectivity index (χ1n) is 13.3. The number of likely N-dealkylation sites (N-methyl/N-ethyl adjacent to an activating group) is 1. The van der Waals surface area contributed by atoms with Crippen molar-refractivity contribution in [2.75, 3.05) is 7.05 Å². The SMILES string of the molecule is CN1C(=O)C=C[C@]2(C)[C@H]3CC[C@]4(C)[C@@H](NC(=O)CCCc5cc(Cl)cc(Cl)c5)CC[C@H]4[C@@H]3CC[C@@H]12. The number of hydrogen-bond donors (Lipinski definition) is 1. The van der Waals surface area contributed by atoms with Gasteiger partial charge in [0, 0.05) is 41.0 Å². The van der Waals surface area contributed by atoms with Crippen LogP contribution in [0.25, 0.3) is 0 Å². The van der Waals surface area contributed by atoms with Crippen LogP contribution in [0.15, 0.2) is 30.4 Å². The van der Waals surface area contributed by atoms with E-state index in [1.54, 1.807) is 6.07 Å². The van der Waals surface area contributed by atoms with Gasteiger partial charge < -0.3 is 10.2 Å². The van der Waals surface area contributed by atoms with Crippen LogP contribution in [0.1, 0.15) is 70.8 Å². The molecule has 6 heteroatoms. The van der Waals surface area contributed by atoms with Gasteiger partial charge in [-0.1, -0.05) is 43.1 Å². The summed E-state index contributed by atoms with van der Waals surface area (Å²) in [4.78, 5) is 27.2. The van der Waals surface area contributed by atoms with Crippen molar-refractivity contribution in [3.8, 4) is 0 Å². The number of benzene rings is 1. The van der Waals surface area contributed by atoms with Crippen molar-refractivity contribution < 1.29 is 9.59 Å². The largest absolute Gasteiger partial charge is 0.353 e. The summed E-state index contributed by atoms with van der Waals surface area (Å²) in [5, 5.41) is 4.73. The van der Waals surface area contributed by atoms with Crippen LogP contribution in [-0.2, 0) is 16.0 Å². The number of hydrogen-bond acceptors (Lipinski definition) is 2. The van der Waals surface area contributed by atoms with Gasteiger partial charge in [0.05, 0.1) is 0 Å². The smallest absolute Gasteiger partial charge is 0.246 e. The third-order valence-electron chi connectivity index (χ3n) is 10.3. The van der Waals surface area contributed by atoms with E-state index in [-0.39, 0.29) is 28.7 Å². The quantitative estimate of drug-likeness (QED) is 0.489. The van der Waals surface area contributed by atoms with Crippen LogP contribution in [0.2, 0.25) is 10.0 Å². The van der Waals surface area contributed by atoms with Crippen LogP contribution >= 0.6 is 23.2 Å². The molecule has 1 heterocycles. The summed E-state index contributed by atoms with van der Waals surface area (Å²) in [5.41, 5.74) is 1.31. The van der Waals surface area contributed by atoms with Crippen molar-refractivity contribution in [1.82, 2.24) is 10.2 Å². The molecule has 4 nitrogen and oxygen atoms in total. The standard InChI is InChI=1S/C29H38Cl2N2O2/c1-28-13-11-23-21(7-10-25-29(23,2)14-12-27(35)33(25)3)22(28)8-9-24(28)32-26(34)6-4-5-18-15-19(30)17-20(31)16-18/h12,14-17,21-25H,4-11,13H2,1-3H3,(H,32,34)/t21-,22-,23-,24-,25+,28-,29+/m0/s1. The minimum absolute atomic E-state index is 0.0669. The van der Waals surface area contributed by atoms with Crippen molar-refractivity contribution in [1.29, 1.82) is 0 Å². The van der Waals surface area contributed by atoms with Crippen molar-refractivity contribution in [3.63, 3.8) is 0 Å². The molecule has 35 heavy (non-hydrogen) atoms. The highest BCUT2D eigenvalue weighted by atomic mass is 35.5. The molecule has 5 rings (SSSR count). The maximum absolute atomic E-state index is 12.9. The van der Waals surface area contributed by atoms with Gasteiger partial charge in [-0.2, -0.15) is 0 Å². The Balaban J connectivity index is 1.21. The summed E-state index contributed by atoms with van der Waals surface area (Å²) < 4.78 is 0. The number of nitrogens with one attached hydrogen (secondary N) is 1. The van der Waals surface area contributed by atoms with Crippen LogP contribution in [0, 0.1) is 28.6 Å². The first-order valence-corrected chi connectivity index (χ1v) is 14.1. The van der Waals surface area contributed by atoms with Gasteiger partial charge in [0.25, 0.3) is 0 Å². The van der Waals surface area contributed by atoms with Crippen molar-refractivity contribution in [3.05, 3.63) is 46.0 Å². The Morgan fingerprint density at radius 3 is 2.54 bits per heavy atom. The lowest BCUT2D eigenvalue weighted by molar-refractivity contribution is -0.138. The molecule has 1 aromatic carbocycles. The fourth-order valence-corrected chi connectivity index (χ4v) is 9.02. The second kappa shape index (κ2) is 9.41. The Labute approximate surface area is 219 Å². The van der Waals surface area contributed by atoms with Crippen molar-refractivity contribution in [2.45, 2.75) is 83.7 Å². The van der Waals surface area contributed by atoms with E-state index in [4.69, 9.17) is 23.2 Å². The summed E-state index contributed by atoms with van der Waals surface area (Å²) in [6, 6.07) is 6.17. The van der Waals surface area contributed by atoms with Crippen LogP contribution in [0.4, 0.5) is 0 Å². The first kappa shape index (κ1) is 25.1. The molecule has 4 aliphatic rings. The van der Waals surface area contributed by atoms with Crippen LogP contribution in [0.3, 0.4) is 0 Å². The second-order valence-corrected chi connectivity index (χ2v) is 12.9. The summed E-state index contributed by atoms with van der Waals surface area (Å²) in [5.74, 6) is 2.25. The van der Waals surface area contributed by atoms with Crippen molar-refractivity contribution in [2.24, 2.45) is 28.6 Å². The molecule has 3 saturated carbocycles. The highest BCUT2D eigenvalue weighted by molar-refractivity contribution is 6.34. The molecular formula is C29H38Cl2N2O2. The molecule has 3 fully saturated rings. The molecule has 3 aliphatic carbocycles. The van der Waals surface area contributed by atoms with Gasteiger partial charge >= 0.3 is 0 Å². The molecule has 1 aliphatic heterocycles. The molecule has 7 atom stereocenters. The van der Waals surface area contributed by atoms with E-state index < -0.39 is 0 Å². The lowest BCUT2D eigenvalue weighted by atomic mass is 9.48. The van der Waals surface area contributed by atoms with Gasteiger partial charge in [0.2, 0.25) is 11.8 Å². The molecule has 0 spiro atoms. The van der Waals surface area contributed by atoms with Gasteiger partial charge in [0.1, 0.15) is 0 Å². The Kier molecular flexibility index (Phi) is 6.76. The average Bonchev–Trinajstić information content (AvgIpc) is 3.12. The lowest BCUT2D eigenvalue weighted by Gasteiger charge is -2.60. The van der Waals surface area contributed by atoms with Gasteiger partial charge in [-0.25, -0.2) is 0 Å². The number of halogens is 2. The van der Waals surface area contributed by atoms with E-state index in [1.165, 1.54) is 19.3 Å². The zero-order valence-electron chi connectivity index (χ0n) is 21.2. The van der Waals surface area contributed by atoms with E-state index in [9.17, 15) is 9.59 Å². The zero-order valence-corrected chi connectivity index (χ0v) is 22.7. The van der Waals surface area contributed by atoms with Gasteiger partial charge in [-0.3, -0.25) is 9.59 Å². The third-order valence-corrected chi connectivity index (χ3v) is 10.7. The fraction of sp³-hybridized carbons (Fsp3) is 0.655. The minimum atomic E-state index is 0.0669. The molecule has 1 N–H and O–H groups in total. The highest BCUT2D eigenvalue weighted by Gasteiger charge is 2.60. The first-order chi connectivity index (χ1) is 16.6. The highest BCUT2D eigenvalue weighted by Crippen LogP contribution is 2.63. The van der Waals surface area contributed by atoms with Crippen LogP contribution < -0.4 is 5.32 Å². The molecule has 190 valence electrons. The van der Waals surface area contributed by atoms with Crippen LogP contribution in [-0.4, -0.2) is 35.8 Å². The predicted molar refractivity (Wildman–Crippen MR) is 141 cm³/mol. The topological polar surface area (TPSA) is 49.4 Å². The van der Waals surface area contributed by atoms with E-state index in [1.807, 2.05) is 30.2 Å². The van der Waals surface area contributed by atoms with E-state index in [2.05, 4.69) is 25.2 Å². The maximum Gasteiger partial charge on any atom is 0.246 e. The number of carbonyl (C=O) groups excluding carboxylic acids is 2. The number of aryl methyl sites for hydroxylation is 1. The predicted octanol–water partition coefficient (Wildman–Crippen LogP) is 6.44. The monoisotopic (exact) mass is 516 g/mol. The molecule has 0 bridgehead atoms. The Hall–Kier alpha value is -1.52. The minimum Gasteiger partial charge on any atom is -0.353 e. The molecule has 0 aromatic heterocycles. The normalized spacial score (nSPS) is 38.0. The number of nitrogens with zero attached hydrogens (tertiary/aromatic N) is 1. The fourth-order valence-electron chi connectivity index (χ4n) is 8.45. The Morgan fingerprint density at radius 1 is 1.06 bits per heavy atom. The Bertz CT molecular complexity index is 1020. The molecule has 0 saturated heterocycles. The molecule has 2 amide bonds. The number of rotatable bonds is 5. The second-order valence-electron chi connectivity index (χ2n) is 12.0. The molecular weight excluding hydrogens is 479 g/mol. The van der Waals surface area contributed by atoms with E-state index >= 15 is 0 Å². The summed E-state index contributed by atoms with van der Waals surface area (Å²) in [6.45, 7) is 4.82. The number of carbonyl (C=O) groups is 2. The van der Waals surface area contributed by atoms with Crippen LogP contribution in [0.5, 0.6) is 0 Å². The summed E-state index contributed by atoms with van der Waals surface area (Å²) >= 11 is 12.2. The number of amides is 2. The van der Waals surface area contributed by atoms with Gasteiger partial charge in [-0.15, -0.1) is 0 Å². The zero-order chi connectivity index (χ0) is 25.0. The maximum atomic E-state index is 12.9. The number of fused-ring (bicyclic) bond motifs is 5. The third kappa shape index (κ3) is 4.44. The molecule has 0 unspecified atom stereocenters. The lowest BCUT2D eigenvalue weighted by Crippen LogP contribution is -2.60. The van der Waals surface area contributed by atoms with Gasteiger partial charge in [0.15, 0.2) is 0 Å². The molecule has 1 aromatic rings.